The van der Waals surface area contributed by atoms with Gasteiger partial charge in [-0.15, -0.1) is 6.58 Å². The quantitative estimate of drug-likeness (QED) is 0.608. The summed E-state index contributed by atoms with van der Waals surface area (Å²) in [6, 6.07) is 16.3. The predicted molar refractivity (Wildman–Crippen MR) is 122 cm³/mol. The van der Waals surface area contributed by atoms with Gasteiger partial charge in [-0.05, 0) is 62.4 Å². The van der Waals surface area contributed by atoms with Crippen LogP contribution in [-0.4, -0.2) is 29.1 Å². The van der Waals surface area contributed by atoms with Crippen LogP contribution in [0.5, 0.6) is 0 Å². The van der Waals surface area contributed by atoms with Crippen molar-refractivity contribution in [3.8, 4) is 11.1 Å². The molecule has 3 heterocycles. The van der Waals surface area contributed by atoms with Gasteiger partial charge in [-0.1, -0.05) is 47.6 Å². The van der Waals surface area contributed by atoms with Crippen LogP contribution in [0.4, 0.5) is 5.69 Å². The van der Waals surface area contributed by atoms with Crippen LogP contribution in [0.2, 0.25) is 0 Å². The van der Waals surface area contributed by atoms with Gasteiger partial charge in [-0.3, -0.25) is 9.69 Å². The molecular weight excluding hydrogens is 386 g/mol. The van der Waals surface area contributed by atoms with Gasteiger partial charge in [0, 0.05) is 23.4 Å². The average Bonchev–Trinajstić information content (AvgIpc) is 3.29. The summed E-state index contributed by atoms with van der Waals surface area (Å²) in [5.74, 6) is 1.16. The molecule has 0 saturated carbocycles. The zero-order chi connectivity index (χ0) is 21.6. The molecule has 2 aliphatic rings. The zero-order valence-corrected chi connectivity index (χ0v) is 18.0. The molecule has 1 N–H and O–H groups in total. The first-order chi connectivity index (χ1) is 15.1. The minimum atomic E-state index is -0.868. The number of amides is 1. The highest BCUT2D eigenvalue weighted by molar-refractivity contribution is 6.09. The lowest BCUT2D eigenvalue weighted by molar-refractivity contribution is -0.126. The molecule has 0 bridgehead atoms. The van der Waals surface area contributed by atoms with E-state index in [1.54, 1.807) is 0 Å². The third-order valence-electron chi connectivity index (χ3n) is 6.77. The van der Waals surface area contributed by atoms with Crippen molar-refractivity contribution in [1.29, 1.82) is 0 Å². The normalized spacial score (nSPS) is 23.4. The van der Waals surface area contributed by atoms with Gasteiger partial charge in [0.15, 0.2) is 5.54 Å². The van der Waals surface area contributed by atoms with Gasteiger partial charge in [-0.2, -0.15) is 0 Å². The highest BCUT2D eigenvalue weighted by atomic mass is 16.5. The van der Waals surface area contributed by atoms with Crippen LogP contribution in [-0.2, 0) is 10.3 Å². The van der Waals surface area contributed by atoms with Crippen molar-refractivity contribution in [3.05, 3.63) is 83.8 Å². The van der Waals surface area contributed by atoms with Crippen LogP contribution in [0.15, 0.2) is 65.7 Å². The third kappa shape index (κ3) is 2.95. The number of hydrogen-bond donors (Lipinski definition) is 1. The molecule has 0 spiro atoms. The third-order valence-corrected chi connectivity index (χ3v) is 6.77. The Hall–Kier alpha value is -3.18. The largest absolute Gasteiger partial charge is 0.361 e. The van der Waals surface area contributed by atoms with E-state index in [4.69, 9.17) is 4.52 Å². The highest BCUT2D eigenvalue weighted by Gasteiger charge is 2.53. The molecule has 5 nitrogen and oxygen atoms in total. The molecule has 5 heteroatoms. The minimum Gasteiger partial charge on any atom is -0.361 e. The van der Waals surface area contributed by atoms with E-state index in [0.29, 0.717) is 5.92 Å². The number of nitrogens with one attached hydrogen (secondary N) is 1. The van der Waals surface area contributed by atoms with Crippen molar-refractivity contribution in [2.24, 2.45) is 5.92 Å². The predicted octanol–water partition coefficient (Wildman–Crippen LogP) is 5.05. The molecule has 1 amide bonds. The Morgan fingerprint density at radius 1 is 1.23 bits per heavy atom. The smallest absolute Gasteiger partial charge is 0.254 e. The SMILES string of the molecule is C=C[C@@H]1CCCN(C2(c3ccccc3)C(=O)Nc3ccc(-c4c(C)noc4C)cc32)C1. The van der Waals surface area contributed by atoms with Crippen molar-refractivity contribution < 1.29 is 9.32 Å². The molecular formula is C26H27N3O2. The Morgan fingerprint density at radius 2 is 2.03 bits per heavy atom. The van der Waals surface area contributed by atoms with E-state index >= 15 is 0 Å². The molecule has 1 unspecified atom stereocenters. The second kappa shape index (κ2) is 7.50. The second-order valence-corrected chi connectivity index (χ2v) is 8.57. The summed E-state index contributed by atoms with van der Waals surface area (Å²) in [6.45, 7) is 9.57. The van der Waals surface area contributed by atoms with Crippen LogP contribution in [0.3, 0.4) is 0 Å². The van der Waals surface area contributed by atoms with Crippen molar-refractivity contribution in [3.63, 3.8) is 0 Å². The fourth-order valence-corrected chi connectivity index (χ4v) is 5.31. The molecule has 2 aromatic carbocycles. The number of piperidine rings is 1. The van der Waals surface area contributed by atoms with Gasteiger partial charge in [0.25, 0.3) is 5.91 Å². The lowest BCUT2D eigenvalue weighted by Gasteiger charge is -2.44. The van der Waals surface area contributed by atoms with E-state index in [1.165, 1.54) is 0 Å². The molecule has 158 valence electrons. The average molecular weight is 414 g/mol. The maximum Gasteiger partial charge on any atom is 0.254 e. The molecule has 2 atom stereocenters. The number of carbonyl (C=O) groups excluding carboxylic acids is 1. The summed E-state index contributed by atoms with van der Waals surface area (Å²) in [5.41, 5.74) is 4.84. The number of fused-ring (bicyclic) bond motifs is 1. The summed E-state index contributed by atoms with van der Waals surface area (Å²) in [7, 11) is 0. The van der Waals surface area contributed by atoms with Gasteiger partial charge >= 0.3 is 0 Å². The van der Waals surface area contributed by atoms with Crippen LogP contribution in [0.25, 0.3) is 11.1 Å². The van der Waals surface area contributed by atoms with Crippen LogP contribution in [0, 0.1) is 19.8 Å². The van der Waals surface area contributed by atoms with Crippen LogP contribution in [0.1, 0.15) is 35.4 Å². The van der Waals surface area contributed by atoms with Crippen molar-refractivity contribution in [2.45, 2.75) is 32.2 Å². The molecule has 1 fully saturated rings. The number of benzene rings is 2. The van der Waals surface area contributed by atoms with Gasteiger partial charge in [0.1, 0.15) is 5.76 Å². The summed E-state index contributed by atoms with van der Waals surface area (Å²) in [4.78, 5) is 16.1. The van der Waals surface area contributed by atoms with E-state index in [-0.39, 0.29) is 5.91 Å². The summed E-state index contributed by atoms with van der Waals surface area (Å²) < 4.78 is 5.42. The van der Waals surface area contributed by atoms with Crippen LogP contribution < -0.4 is 5.32 Å². The Kier molecular flexibility index (Phi) is 4.78. The van der Waals surface area contributed by atoms with E-state index in [9.17, 15) is 4.79 Å². The van der Waals surface area contributed by atoms with Gasteiger partial charge in [-0.25, -0.2) is 0 Å². The number of hydrogen-bond acceptors (Lipinski definition) is 4. The Labute approximate surface area is 182 Å². The molecule has 5 rings (SSSR count). The van der Waals surface area contributed by atoms with E-state index in [0.717, 1.165) is 65.3 Å². The Morgan fingerprint density at radius 3 is 2.74 bits per heavy atom. The molecule has 0 radical (unpaired) electrons. The monoisotopic (exact) mass is 413 g/mol. The lowest BCUT2D eigenvalue weighted by atomic mass is 9.79. The first-order valence-corrected chi connectivity index (χ1v) is 10.9. The molecule has 2 aliphatic heterocycles. The molecule has 31 heavy (non-hydrogen) atoms. The minimum absolute atomic E-state index is 0.00863. The first-order valence-electron chi connectivity index (χ1n) is 10.9. The fraction of sp³-hybridized carbons (Fsp3) is 0.308. The van der Waals surface area contributed by atoms with E-state index in [2.05, 4.69) is 40.2 Å². The zero-order valence-electron chi connectivity index (χ0n) is 18.0. The summed E-state index contributed by atoms with van der Waals surface area (Å²) in [5, 5.41) is 7.30. The molecule has 1 aromatic heterocycles. The number of carbonyl (C=O) groups is 1. The maximum absolute atomic E-state index is 13.8. The molecule has 0 aliphatic carbocycles. The van der Waals surface area contributed by atoms with Crippen LogP contribution >= 0.6 is 0 Å². The number of aromatic nitrogens is 1. The summed E-state index contributed by atoms with van der Waals surface area (Å²) in [6.07, 6.45) is 4.18. The molecule has 3 aromatic rings. The number of nitrogens with zero attached hydrogens (tertiary/aromatic N) is 2. The second-order valence-electron chi connectivity index (χ2n) is 8.57. The Bertz CT molecular complexity index is 1130. The van der Waals surface area contributed by atoms with Crippen molar-refractivity contribution in [1.82, 2.24) is 10.1 Å². The maximum atomic E-state index is 13.8. The van der Waals surface area contributed by atoms with Gasteiger partial charge in [0.2, 0.25) is 0 Å². The molecule has 1 saturated heterocycles. The number of rotatable bonds is 4. The van der Waals surface area contributed by atoms with E-state index < -0.39 is 5.54 Å². The van der Waals surface area contributed by atoms with Gasteiger partial charge < -0.3 is 9.84 Å². The number of likely N-dealkylation sites (tertiary alicyclic amines) is 1. The Balaban J connectivity index is 1.74. The highest BCUT2D eigenvalue weighted by Crippen LogP contribution is 2.48. The topological polar surface area (TPSA) is 58.4 Å². The fourth-order valence-electron chi connectivity index (χ4n) is 5.31. The number of aryl methyl sites for hydroxylation is 2. The lowest BCUT2D eigenvalue weighted by Crippen LogP contribution is -2.55. The van der Waals surface area contributed by atoms with Crippen molar-refractivity contribution >= 4 is 11.6 Å². The summed E-state index contributed by atoms with van der Waals surface area (Å²) >= 11 is 0. The number of anilines is 1. The first kappa shape index (κ1) is 19.8. The standard InChI is InChI=1S/C26H27N3O2/c1-4-19-9-8-14-29(16-19)26(21-10-6-5-7-11-21)22-15-20(12-13-23(22)27-25(26)30)24-17(2)28-31-18(24)3/h4-7,10-13,15,19H,1,8-9,14,16H2,2-3H3,(H,27,30)/t19-,26?/m1/s1. The van der Waals surface area contributed by atoms with E-state index in [1.807, 2.05) is 50.3 Å². The van der Waals surface area contributed by atoms with Crippen molar-refractivity contribution in [2.75, 3.05) is 18.4 Å². The van der Waals surface area contributed by atoms with Gasteiger partial charge in [0.05, 0.1) is 5.69 Å².